The van der Waals surface area contributed by atoms with Gasteiger partial charge in [-0.15, -0.1) is 0 Å². The van der Waals surface area contributed by atoms with Gasteiger partial charge in [0.1, 0.15) is 0 Å². The van der Waals surface area contributed by atoms with Crippen molar-refractivity contribution in [2.75, 3.05) is 0 Å². The Labute approximate surface area is 95.5 Å². The lowest BCUT2D eigenvalue weighted by Gasteiger charge is -2.18. The van der Waals surface area contributed by atoms with E-state index in [2.05, 4.69) is 32.6 Å². The Morgan fingerprint density at radius 3 is 2.60 bits per heavy atom. The minimum absolute atomic E-state index is 0.877. The van der Waals surface area contributed by atoms with Gasteiger partial charge in [0.15, 0.2) is 0 Å². The first-order chi connectivity index (χ1) is 6.97. The fourth-order valence-electron chi connectivity index (χ4n) is 2.85. The molecule has 2 aliphatic rings. The minimum atomic E-state index is -0.929. The molecule has 0 aromatic rings. The maximum atomic E-state index is 2.54. The van der Waals surface area contributed by atoms with Gasteiger partial charge in [0.05, 0.1) is 8.07 Å². The van der Waals surface area contributed by atoms with Crippen LogP contribution in [-0.4, -0.2) is 8.07 Å². The molecular weight excluding hydrogens is 196 g/mol. The average Bonchev–Trinajstić information content (AvgIpc) is 2.82. The third kappa shape index (κ3) is 2.84. The molecule has 0 bridgehead atoms. The van der Waals surface area contributed by atoms with E-state index in [9.17, 15) is 0 Å². The standard InChI is InChI=1S/C14H24Si/c1-11-6-5-7-12(8-11)9-13-10-14(13)15(2,3)4/h8,12H,5-7,9-10H2,1-4H3. The highest BCUT2D eigenvalue weighted by Crippen LogP contribution is 2.43. The molecule has 84 valence electrons. The molecule has 0 aliphatic heterocycles. The summed E-state index contributed by atoms with van der Waals surface area (Å²) >= 11 is 0. The van der Waals surface area contributed by atoms with Gasteiger partial charge < -0.3 is 0 Å². The lowest BCUT2D eigenvalue weighted by Crippen LogP contribution is -2.18. The minimum Gasteiger partial charge on any atom is -0.0822 e. The summed E-state index contributed by atoms with van der Waals surface area (Å²) in [7, 11) is -0.929. The molecule has 0 saturated carbocycles. The van der Waals surface area contributed by atoms with Crippen LogP contribution in [-0.2, 0) is 0 Å². The van der Waals surface area contributed by atoms with E-state index in [1.54, 1.807) is 5.57 Å². The van der Waals surface area contributed by atoms with E-state index in [4.69, 9.17) is 0 Å². The number of rotatable bonds is 3. The Bertz CT molecular complexity index is 315. The Hall–Kier alpha value is -0.303. The summed E-state index contributed by atoms with van der Waals surface area (Å²) in [5.41, 5.74) is 3.45. The van der Waals surface area contributed by atoms with E-state index >= 15 is 0 Å². The zero-order valence-electron chi connectivity index (χ0n) is 10.7. The summed E-state index contributed by atoms with van der Waals surface area (Å²) in [5.74, 6) is 0.877. The van der Waals surface area contributed by atoms with E-state index in [1.165, 1.54) is 32.1 Å². The summed E-state index contributed by atoms with van der Waals surface area (Å²) in [4.78, 5) is 0. The van der Waals surface area contributed by atoms with Gasteiger partial charge in [-0.2, -0.15) is 0 Å². The first kappa shape index (κ1) is 11.2. The SMILES string of the molecule is CC1=CC(CC2=C([Si](C)(C)C)C2)CCC1. The van der Waals surface area contributed by atoms with Gasteiger partial charge in [-0.25, -0.2) is 0 Å². The highest BCUT2D eigenvalue weighted by molar-refractivity contribution is 6.84. The van der Waals surface area contributed by atoms with Crippen LogP contribution in [0.15, 0.2) is 22.4 Å². The molecule has 1 atom stereocenters. The number of hydrogen-bond donors (Lipinski definition) is 0. The number of allylic oxidation sites excluding steroid dienone is 4. The quantitative estimate of drug-likeness (QED) is 0.478. The summed E-state index contributed by atoms with van der Waals surface area (Å²) < 4.78 is 0. The Morgan fingerprint density at radius 1 is 1.33 bits per heavy atom. The van der Waals surface area contributed by atoms with Crippen LogP contribution >= 0.6 is 0 Å². The molecular formula is C14H24Si. The molecule has 0 aromatic carbocycles. The molecule has 2 rings (SSSR count). The van der Waals surface area contributed by atoms with Crippen molar-refractivity contribution in [3.63, 3.8) is 0 Å². The van der Waals surface area contributed by atoms with Crippen LogP contribution in [0.4, 0.5) is 0 Å². The molecule has 15 heavy (non-hydrogen) atoms. The molecule has 0 saturated heterocycles. The van der Waals surface area contributed by atoms with Gasteiger partial charge in [0.2, 0.25) is 0 Å². The maximum absolute atomic E-state index is 2.54. The predicted molar refractivity (Wildman–Crippen MR) is 70.7 cm³/mol. The molecule has 0 heterocycles. The second-order valence-corrected chi connectivity index (χ2v) is 11.5. The fourth-order valence-corrected chi connectivity index (χ4v) is 4.76. The average molecular weight is 220 g/mol. The maximum Gasteiger partial charge on any atom is 0.0728 e. The lowest BCUT2D eigenvalue weighted by molar-refractivity contribution is 0.528. The predicted octanol–water partition coefficient (Wildman–Crippen LogP) is 4.70. The first-order valence-electron chi connectivity index (χ1n) is 6.35. The van der Waals surface area contributed by atoms with Crippen LogP contribution in [0.3, 0.4) is 0 Å². The summed E-state index contributed by atoms with van der Waals surface area (Å²) in [6.07, 6.45) is 9.51. The van der Waals surface area contributed by atoms with Crippen molar-refractivity contribution in [2.24, 2.45) is 5.92 Å². The molecule has 0 amide bonds. The first-order valence-corrected chi connectivity index (χ1v) is 9.85. The monoisotopic (exact) mass is 220 g/mol. The fraction of sp³-hybridized carbons (Fsp3) is 0.714. The number of hydrogen-bond acceptors (Lipinski definition) is 0. The van der Waals surface area contributed by atoms with E-state index in [0.29, 0.717) is 0 Å². The highest BCUT2D eigenvalue weighted by atomic mass is 28.3. The van der Waals surface area contributed by atoms with E-state index in [0.717, 1.165) is 5.92 Å². The van der Waals surface area contributed by atoms with E-state index < -0.39 is 8.07 Å². The Morgan fingerprint density at radius 2 is 2.07 bits per heavy atom. The normalized spacial score (nSPS) is 26.7. The second-order valence-electron chi connectivity index (χ2n) is 6.38. The lowest BCUT2D eigenvalue weighted by atomic mass is 9.88. The summed E-state index contributed by atoms with van der Waals surface area (Å²) in [5, 5.41) is 1.87. The Kier molecular flexibility index (Phi) is 2.93. The molecule has 0 radical (unpaired) electrons. The van der Waals surface area contributed by atoms with Crippen molar-refractivity contribution < 1.29 is 0 Å². The van der Waals surface area contributed by atoms with E-state index in [-0.39, 0.29) is 0 Å². The van der Waals surface area contributed by atoms with Gasteiger partial charge in [-0.3, -0.25) is 0 Å². The molecule has 0 aromatic heterocycles. The van der Waals surface area contributed by atoms with Gasteiger partial charge in [-0.05, 0) is 44.9 Å². The zero-order valence-corrected chi connectivity index (χ0v) is 11.7. The summed E-state index contributed by atoms with van der Waals surface area (Å²) in [6, 6.07) is 0. The van der Waals surface area contributed by atoms with Crippen molar-refractivity contribution in [2.45, 2.75) is 58.7 Å². The van der Waals surface area contributed by atoms with Crippen molar-refractivity contribution in [1.29, 1.82) is 0 Å². The third-order valence-electron chi connectivity index (χ3n) is 3.77. The highest BCUT2D eigenvalue weighted by Gasteiger charge is 2.33. The van der Waals surface area contributed by atoms with Gasteiger partial charge in [0.25, 0.3) is 0 Å². The van der Waals surface area contributed by atoms with Crippen molar-refractivity contribution >= 4 is 8.07 Å². The van der Waals surface area contributed by atoms with E-state index in [1.807, 2.05) is 10.8 Å². The van der Waals surface area contributed by atoms with Crippen LogP contribution in [0.25, 0.3) is 0 Å². The molecule has 0 spiro atoms. The molecule has 0 N–H and O–H groups in total. The Balaban J connectivity index is 1.95. The largest absolute Gasteiger partial charge is 0.0822 e. The molecule has 1 unspecified atom stereocenters. The van der Waals surface area contributed by atoms with Crippen LogP contribution < -0.4 is 0 Å². The van der Waals surface area contributed by atoms with Gasteiger partial charge in [0, 0.05) is 0 Å². The van der Waals surface area contributed by atoms with Gasteiger partial charge in [-0.1, -0.05) is 42.1 Å². The van der Waals surface area contributed by atoms with Crippen LogP contribution in [0.2, 0.25) is 19.6 Å². The summed E-state index contributed by atoms with van der Waals surface area (Å²) in [6.45, 7) is 9.75. The van der Waals surface area contributed by atoms with Crippen molar-refractivity contribution in [3.05, 3.63) is 22.4 Å². The molecule has 1 heteroatoms. The zero-order chi connectivity index (χ0) is 11.1. The van der Waals surface area contributed by atoms with Crippen LogP contribution in [0.5, 0.6) is 0 Å². The smallest absolute Gasteiger partial charge is 0.0728 e. The molecule has 0 fully saturated rings. The van der Waals surface area contributed by atoms with Crippen LogP contribution in [0, 0.1) is 5.92 Å². The van der Waals surface area contributed by atoms with Crippen LogP contribution in [0.1, 0.15) is 39.0 Å². The third-order valence-corrected chi connectivity index (χ3v) is 6.11. The molecule has 2 aliphatic carbocycles. The topological polar surface area (TPSA) is 0 Å². The molecule has 0 nitrogen and oxygen atoms in total. The van der Waals surface area contributed by atoms with Crippen molar-refractivity contribution in [3.8, 4) is 0 Å². The van der Waals surface area contributed by atoms with Gasteiger partial charge >= 0.3 is 0 Å². The van der Waals surface area contributed by atoms with Crippen molar-refractivity contribution in [1.82, 2.24) is 0 Å². The second kappa shape index (κ2) is 3.93.